The standard InChI is InChI=1S/C16H28N2O2/c1-5-11(3)15-16(20)18(9-14(19)17-15)13-7-6-10(2)8-12(13)4/h10-13,15H,5-9H2,1-4H3,(H,17,19). The molecule has 0 aromatic heterocycles. The summed E-state index contributed by atoms with van der Waals surface area (Å²) in [5.41, 5.74) is 0. The minimum absolute atomic E-state index is 0.000668. The maximum atomic E-state index is 12.7. The number of carbonyl (C=O) groups excluding carboxylic acids is 2. The van der Waals surface area contributed by atoms with Crippen LogP contribution in [0.3, 0.4) is 0 Å². The lowest BCUT2D eigenvalue weighted by atomic mass is 9.78. The van der Waals surface area contributed by atoms with Gasteiger partial charge in [-0.05, 0) is 37.0 Å². The molecule has 2 aliphatic rings. The van der Waals surface area contributed by atoms with Crippen molar-refractivity contribution in [3.8, 4) is 0 Å². The van der Waals surface area contributed by atoms with Crippen LogP contribution in [0.25, 0.3) is 0 Å². The van der Waals surface area contributed by atoms with Crippen LogP contribution in [0.5, 0.6) is 0 Å². The molecule has 0 bridgehead atoms. The summed E-state index contributed by atoms with van der Waals surface area (Å²) in [6, 6.07) is -0.0795. The Kier molecular flexibility index (Phi) is 4.71. The van der Waals surface area contributed by atoms with Gasteiger partial charge in [-0.2, -0.15) is 0 Å². The third kappa shape index (κ3) is 2.99. The molecule has 5 atom stereocenters. The van der Waals surface area contributed by atoms with Crippen LogP contribution in [0.1, 0.15) is 53.4 Å². The molecule has 0 spiro atoms. The maximum Gasteiger partial charge on any atom is 0.246 e. The first kappa shape index (κ1) is 15.3. The van der Waals surface area contributed by atoms with Gasteiger partial charge in [-0.3, -0.25) is 9.59 Å². The number of nitrogens with one attached hydrogen (secondary N) is 1. The fourth-order valence-corrected chi connectivity index (χ4v) is 3.71. The van der Waals surface area contributed by atoms with E-state index in [1.54, 1.807) is 0 Å². The minimum Gasteiger partial charge on any atom is -0.342 e. The van der Waals surface area contributed by atoms with Crippen LogP contribution in [-0.4, -0.2) is 35.3 Å². The molecule has 2 amide bonds. The zero-order valence-electron chi connectivity index (χ0n) is 13.2. The Labute approximate surface area is 122 Å². The molecule has 2 rings (SSSR count). The average molecular weight is 280 g/mol. The van der Waals surface area contributed by atoms with Crippen molar-refractivity contribution in [3.63, 3.8) is 0 Å². The molecule has 20 heavy (non-hydrogen) atoms. The Bertz CT molecular complexity index is 383. The Hall–Kier alpha value is -1.06. The van der Waals surface area contributed by atoms with E-state index in [9.17, 15) is 9.59 Å². The van der Waals surface area contributed by atoms with E-state index in [-0.39, 0.29) is 36.4 Å². The molecule has 1 aliphatic carbocycles. The Morgan fingerprint density at radius 3 is 2.60 bits per heavy atom. The van der Waals surface area contributed by atoms with E-state index in [1.165, 1.54) is 0 Å². The number of carbonyl (C=O) groups is 2. The first-order valence-electron chi connectivity index (χ1n) is 8.03. The Morgan fingerprint density at radius 1 is 1.30 bits per heavy atom. The van der Waals surface area contributed by atoms with Gasteiger partial charge in [0.15, 0.2) is 0 Å². The largest absolute Gasteiger partial charge is 0.342 e. The van der Waals surface area contributed by atoms with Gasteiger partial charge in [-0.15, -0.1) is 0 Å². The molecular weight excluding hydrogens is 252 g/mol. The highest BCUT2D eigenvalue weighted by atomic mass is 16.2. The number of nitrogens with zero attached hydrogens (tertiary/aromatic N) is 1. The highest BCUT2D eigenvalue weighted by molar-refractivity contribution is 5.95. The van der Waals surface area contributed by atoms with Crippen molar-refractivity contribution in [3.05, 3.63) is 0 Å². The molecule has 4 nitrogen and oxygen atoms in total. The maximum absolute atomic E-state index is 12.7. The van der Waals surface area contributed by atoms with Gasteiger partial charge >= 0.3 is 0 Å². The lowest BCUT2D eigenvalue weighted by Crippen LogP contribution is -2.63. The summed E-state index contributed by atoms with van der Waals surface area (Å²) in [4.78, 5) is 26.5. The monoisotopic (exact) mass is 280 g/mol. The molecule has 0 aromatic carbocycles. The van der Waals surface area contributed by atoms with Crippen LogP contribution in [0.2, 0.25) is 0 Å². The van der Waals surface area contributed by atoms with Gasteiger partial charge in [0.05, 0.1) is 6.54 Å². The zero-order chi connectivity index (χ0) is 14.9. The van der Waals surface area contributed by atoms with Crippen molar-refractivity contribution >= 4 is 11.8 Å². The smallest absolute Gasteiger partial charge is 0.246 e. The summed E-state index contributed by atoms with van der Waals surface area (Å²) < 4.78 is 0. The number of rotatable bonds is 3. The van der Waals surface area contributed by atoms with Gasteiger partial charge in [-0.1, -0.05) is 34.1 Å². The summed E-state index contributed by atoms with van der Waals surface area (Å²) in [6.07, 6.45) is 4.26. The Morgan fingerprint density at radius 2 is 2.00 bits per heavy atom. The molecule has 0 aromatic rings. The number of hydrogen-bond donors (Lipinski definition) is 1. The SMILES string of the molecule is CCC(C)C1NC(=O)CN(C2CCC(C)CC2C)C1=O. The van der Waals surface area contributed by atoms with Crippen LogP contribution >= 0.6 is 0 Å². The average Bonchev–Trinajstić information content (AvgIpc) is 2.40. The third-order valence-electron chi connectivity index (χ3n) is 5.18. The second-order valence-corrected chi connectivity index (χ2v) is 6.86. The third-order valence-corrected chi connectivity index (χ3v) is 5.18. The van der Waals surface area contributed by atoms with Gasteiger partial charge in [0, 0.05) is 6.04 Å². The molecule has 5 unspecified atom stereocenters. The van der Waals surface area contributed by atoms with Gasteiger partial charge in [-0.25, -0.2) is 0 Å². The van der Waals surface area contributed by atoms with Gasteiger partial charge in [0.25, 0.3) is 0 Å². The molecule has 114 valence electrons. The highest BCUT2D eigenvalue weighted by Gasteiger charge is 2.41. The van der Waals surface area contributed by atoms with E-state index in [1.807, 2.05) is 11.8 Å². The summed E-state index contributed by atoms with van der Waals surface area (Å²) >= 11 is 0. The van der Waals surface area contributed by atoms with Gasteiger partial charge < -0.3 is 10.2 Å². The lowest BCUT2D eigenvalue weighted by Gasteiger charge is -2.44. The first-order valence-corrected chi connectivity index (χ1v) is 8.03. The van der Waals surface area contributed by atoms with Crippen LogP contribution in [0, 0.1) is 17.8 Å². The topological polar surface area (TPSA) is 49.4 Å². The predicted octanol–water partition coefficient (Wildman–Crippen LogP) is 2.18. The van der Waals surface area contributed by atoms with Crippen LogP contribution in [0.4, 0.5) is 0 Å². The van der Waals surface area contributed by atoms with Gasteiger partial charge in [0.1, 0.15) is 6.04 Å². The van der Waals surface area contributed by atoms with E-state index in [0.717, 1.165) is 31.6 Å². The molecule has 1 saturated carbocycles. The first-order chi connectivity index (χ1) is 9.43. The lowest BCUT2D eigenvalue weighted by molar-refractivity contribution is -0.150. The van der Waals surface area contributed by atoms with Crippen LogP contribution < -0.4 is 5.32 Å². The molecule has 4 heteroatoms. The summed E-state index contributed by atoms with van der Waals surface area (Å²) in [5.74, 6) is 1.56. The molecule has 1 heterocycles. The van der Waals surface area contributed by atoms with Crippen molar-refractivity contribution < 1.29 is 9.59 Å². The van der Waals surface area contributed by atoms with Crippen molar-refractivity contribution in [1.82, 2.24) is 10.2 Å². The van der Waals surface area contributed by atoms with E-state index in [2.05, 4.69) is 26.1 Å². The van der Waals surface area contributed by atoms with Crippen LogP contribution in [0.15, 0.2) is 0 Å². The number of amides is 2. The fourth-order valence-electron chi connectivity index (χ4n) is 3.71. The second-order valence-electron chi connectivity index (χ2n) is 6.86. The quantitative estimate of drug-likeness (QED) is 0.861. The molecule has 1 N–H and O–H groups in total. The van der Waals surface area contributed by atoms with E-state index < -0.39 is 0 Å². The van der Waals surface area contributed by atoms with E-state index >= 15 is 0 Å². The van der Waals surface area contributed by atoms with Crippen molar-refractivity contribution in [2.75, 3.05) is 6.54 Å². The number of piperazine rings is 1. The molecule has 0 radical (unpaired) electrons. The summed E-state index contributed by atoms with van der Waals surface area (Å²) in [5, 5.41) is 2.88. The molecular formula is C16H28N2O2. The van der Waals surface area contributed by atoms with Crippen molar-refractivity contribution in [2.24, 2.45) is 17.8 Å². The van der Waals surface area contributed by atoms with Gasteiger partial charge in [0.2, 0.25) is 11.8 Å². The highest BCUT2D eigenvalue weighted by Crippen LogP contribution is 2.33. The molecule has 1 aliphatic heterocycles. The van der Waals surface area contributed by atoms with E-state index in [0.29, 0.717) is 5.92 Å². The predicted molar refractivity (Wildman–Crippen MR) is 79.1 cm³/mol. The number of hydrogen-bond acceptors (Lipinski definition) is 2. The zero-order valence-corrected chi connectivity index (χ0v) is 13.2. The normalized spacial score (nSPS) is 36.7. The van der Waals surface area contributed by atoms with Crippen molar-refractivity contribution in [2.45, 2.75) is 65.5 Å². The van der Waals surface area contributed by atoms with E-state index in [4.69, 9.17) is 0 Å². The summed E-state index contributed by atoms with van der Waals surface area (Å²) in [6.45, 7) is 8.85. The summed E-state index contributed by atoms with van der Waals surface area (Å²) in [7, 11) is 0. The Balaban J connectivity index is 2.13. The van der Waals surface area contributed by atoms with Crippen LogP contribution in [-0.2, 0) is 9.59 Å². The fraction of sp³-hybridized carbons (Fsp3) is 0.875. The van der Waals surface area contributed by atoms with Crippen molar-refractivity contribution in [1.29, 1.82) is 0 Å². The molecule has 2 fully saturated rings. The minimum atomic E-state index is -0.326. The second kappa shape index (κ2) is 6.15. The molecule has 1 saturated heterocycles.